The molecule has 1 N–H and O–H groups in total. The molecule has 0 aliphatic rings. The molecule has 3 aromatic rings. The highest BCUT2D eigenvalue weighted by Gasteiger charge is 2.15. The second-order valence-electron chi connectivity index (χ2n) is 5.56. The summed E-state index contributed by atoms with van der Waals surface area (Å²) in [6, 6.07) is 14.9. The lowest BCUT2D eigenvalue weighted by Gasteiger charge is -2.16. The van der Waals surface area contributed by atoms with Crippen molar-refractivity contribution in [1.29, 1.82) is 0 Å². The molecule has 3 rings (SSSR count). The average molecular weight is 336 g/mol. The Kier molecular flexibility index (Phi) is 5.09. The fourth-order valence-electron chi connectivity index (χ4n) is 2.55. The minimum atomic E-state index is -0.156. The Labute approximate surface area is 146 Å². The molecule has 1 amide bonds. The zero-order valence-electron chi connectivity index (χ0n) is 14.2. The number of hydrogen-bond acceptors (Lipinski definition) is 4. The van der Waals surface area contributed by atoms with Crippen molar-refractivity contribution in [3.05, 3.63) is 72.3 Å². The van der Waals surface area contributed by atoms with Crippen LogP contribution < -0.4 is 10.1 Å². The van der Waals surface area contributed by atoms with E-state index in [4.69, 9.17) is 4.74 Å². The van der Waals surface area contributed by atoms with Gasteiger partial charge in [0.05, 0.1) is 23.9 Å². The predicted molar refractivity (Wildman–Crippen MR) is 94.9 cm³/mol. The number of hydrogen-bond donors (Lipinski definition) is 1. The number of carbonyl (C=O) groups excluding carboxylic acids is 1. The molecule has 1 heterocycles. The van der Waals surface area contributed by atoms with Crippen molar-refractivity contribution in [2.75, 3.05) is 6.61 Å². The van der Waals surface area contributed by atoms with Crippen LogP contribution in [0.25, 0.3) is 5.69 Å². The first-order valence-electron chi connectivity index (χ1n) is 8.16. The Morgan fingerprint density at radius 2 is 1.96 bits per heavy atom. The van der Waals surface area contributed by atoms with Crippen LogP contribution in [0.3, 0.4) is 0 Å². The summed E-state index contributed by atoms with van der Waals surface area (Å²) in [5.41, 5.74) is 2.46. The largest absolute Gasteiger partial charge is 0.493 e. The van der Waals surface area contributed by atoms with E-state index in [1.54, 1.807) is 23.1 Å². The summed E-state index contributed by atoms with van der Waals surface area (Å²) in [5.74, 6) is 0.438. The lowest BCUT2D eigenvalue weighted by Crippen LogP contribution is -2.27. The molecule has 0 aliphatic heterocycles. The molecule has 6 heteroatoms. The zero-order valence-corrected chi connectivity index (χ0v) is 14.2. The summed E-state index contributed by atoms with van der Waals surface area (Å²) in [6.07, 6.45) is 3.14. The molecule has 0 bridgehead atoms. The summed E-state index contributed by atoms with van der Waals surface area (Å²) in [5, 5.41) is 7.11. The second kappa shape index (κ2) is 7.61. The van der Waals surface area contributed by atoms with Crippen LogP contribution in [0.2, 0.25) is 0 Å². The van der Waals surface area contributed by atoms with E-state index in [-0.39, 0.29) is 11.9 Å². The first kappa shape index (κ1) is 16.7. The zero-order chi connectivity index (χ0) is 17.6. The number of nitrogens with one attached hydrogen (secondary N) is 1. The monoisotopic (exact) mass is 336 g/mol. The van der Waals surface area contributed by atoms with Gasteiger partial charge in [-0.25, -0.2) is 9.67 Å². The number of aromatic nitrogens is 3. The quantitative estimate of drug-likeness (QED) is 0.751. The van der Waals surface area contributed by atoms with Gasteiger partial charge in [-0.1, -0.05) is 24.3 Å². The number of para-hydroxylation sites is 1. The SMILES string of the molecule is CCOc1ccccc1C(=O)N[C@@H](C)c1ccc(-n2cncn2)cc1. The standard InChI is InChI=1S/C19H20N4O2/c1-3-25-18-7-5-4-6-17(18)19(24)22-14(2)15-8-10-16(11-9-15)23-13-20-12-21-23/h4-14H,3H2,1-2H3,(H,22,24)/t14-/m0/s1. The predicted octanol–water partition coefficient (Wildman–Crippen LogP) is 3.16. The summed E-state index contributed by atoms with van der Waals surface area (Å²) in [7, 11) is 0. The Balaban J connectivity index is 1.71. The second-order valence-corrected chi connectivity index (χ2v) is 5.56. The van der Waals surface area contributed by atoms with Crippen molar-refractivity contribution in [1.82, 2.24) is 20.1 Å². The summed E-state index contributed by atoms with van der Waals surface area (Å²) in [4.78, 5) is 16.5. The molecular weight excluding hydrogens is 316 g/mol. The first-order valence-corrected chi connectivity index (χ1v) is 8.16. The van der Waals surface area contributed by atoms with E-state index >= 15 is 0 Å². The van der Waals surface area contributed by atoms with Crippen LogP contribution in [0.4, 0.5) is 0 Å². The van der Waals surface area contributed by atoms with Gasteiger partial charge in [-0.15, -0.1) is 0 Å². The molecule has 0 spiro atoms. The number of rotatable bonds is 6. The van der Waals surface area contributed by atoms with E-state index in [0.717, 1.165) is 11.3 Å². The van der Waals surface area contributed by atoms with Gasteiger partial charge >= 0.3 is 0 Å². The van der Waals surface area contributed by atoms with Gasteiger partial charge in [0.1, 0.15) is 18.4 Å². The third-order valence-corrected chi connectivity index (χ3v) is 3.86. The van der Waals surface area contributed by atoms with E-state index < -0.39 is 0 Å². The molecule has 0 radical (unpaired) electrons. The van der Waals surface area contributed by atoms with Crippen LogP contribution in [0, 0.1) is 0 Å². The summed E-state index contributed by atoms with van der Waals surface area (Å²) < 4.78 is 7.21. The first-order chi connectivity index (χ1) is 12.2. The van der Waals surface area contributed by atoms with E-state index in [0.29, 0.717) is 17.9 Å². The molecule has 1 aromatic heterocycles. The number of ether oxygens (including phenoxy) is 1. The maximum atomic E-state index is 12.6. The Hall–Kier alpha value is -3.15. The Morgan fingerprint density at radius 1 is 1.20 bits per heavy atom. The maximum Gasteiger partial charge on any atom is 0.255 e. The summed E-state index contributed by atoms with van der Waals surface area (Å²) >= 11 is 0. The number of benzene rings is 2. The number of nitrogens with zero attached hydrogens (tertiary/aromatic N) is 3. The fourth-order valence-corrected chi connectivity index (χ4v) is 2.55. The number of carbonyl (C=O) groups is 1. The minimum Gasteiger partial charge on any atom is -0.493 e. The topological polar surface area (TPSA) is 69.0 Å². The van der Waals surface area contributed by atoms with Crippen molar-refractivity contribution in [2.24, 2.45) is 0 Å². The van der Waals surface area contributed by atoms with Crippen molar-refractivity contribution >= 4 is 5.91 Å². The lowest BCUT2D eigenvalue weighted by molar-refractivity contribution is 0.0936. The smallest absolute Gasteiger partial charge is 0.255 e. The van der Waals surface area contributed by atoms with Crippen LogP contribution >= 0.6 is 0 Å². The van der Waals surface area contributed by atoms with Crippen LogP contribution in [-0.4, -0.2) is 27.3 Å². The molecule has 0 unspecified atom stereocenters. The van der Waals surface area contributed by atoms with E-state index in [9.17, 15) is 4.79 Å². The van der Waals surface area contributed by atoms with Gasteiger partial charge in [-0.3, -0.25) is 4.79 Å². The molecule has 2 aromatic carbocycles. The van der Waals surface area contributed by atoms with Gasteiger partial charge < -0.3 is 10.1 Å². The van der Waals surface area contributed by atoms with Gasteiger partial charge in [0.25, 0.3) is 5.91 Å². The molecule has 0 aliphatic carbocycles. The van der Waals surface area contributed by atoms with Gasteiger partial charge in [0.2, 0.25) is 0 Å². The van der Waals surface area contributed by atoms with Crippen LogP contribution in [0.1, 0.15) is 35.8 Å². The van der Waals surface area contributed by atoms with Gasteiger partial charge in [-0.05, 0) is 43.7 Å². The molecule has 0 saturated carbocycles. The molecule has 0 saturated heterocycles. The molecule has 6 nitrogen and oxygen atoms in total. The average Bonchev–Trinajstić information content (AvgIpc) is 3.17. The van der Waals surface area contributed by atoms with Crippen LogP contribution in [-0.2, 0) is 0 Å². The fraction of sp³-hybridized carbons (Fsp3) is 0.211. The molecule has 1 atom stereocenters. The molecular formula is C19H20N4O2. The highest BCUT2D eigenvalue weighted by atomic mass is 16.5. The van der Waals surface area contributed by atoms with Crippen molar-refractivity contribution in [3.8, 4) is 11.4 Å². The van der Waals surface area contributed by atoms with Gasteiger partial charge in [-0.2, -0.15) is 5.10 Å². The lowest BCUT2D eigenvalue weighted by atomic mass is 10.1. The highest BCUT2D eigenvalue weighted by Crippen LogP contribution is 2.20. The Bertz CT molecular complexity index is 829. The van der Waals surface area contributed by atoms with Crippen molar-refractivity contribution < 1.29 is 9.53 Å². The normalized spacial score (nSPS) is 11.8. The third kappa shape index (κ3) is 3.85. The Morgan fingerprint density at radius 3 is 2.64 bits per heavy atom. The third-order valence-electron chi connectivity index (χ3n) is 3.86. The van der Waals surface area contributed by atoms with E-state index in [2.05, 4.69) is 15.4 Å². The van der Waals surface area contributed by atoms with Crippen LogP contribution in [0.5, 0.6) is 5.75 Å². The maximum absolute atomic E-state index is 12.6. The van der Waals surface area contributed by atoms with Crippen molar-refractivity contribution in [2.45, 2.75) is 19.9 Å². The highest BCUT2D eigenvalue weighted by molar-refractivity contribution is 5.97. The van der Waals surface area contributed by atoms with E-state index in [1.807, 2.05) is 50.2 Å². The van der Waals surface area contributed by atoms with E-state index in [1.165, 1.54) is 6.33 Å². The summed E-state index contributed by atoms with van der Waals surface area (Å²) in [6.45, 7) is 4.36. The minimum absolute atomic E-state index is 0.132. The molecule has 25 heavy (non-hydrogen) atoms. The van der Waals surface area contributed by atoms with Gasteiger partial charge in [0, 0.05) is 0 Å². The number of amides is 1. The van der Waals surface area contributed by atoms with Crippen molar-refractivity contribution in [3.63, 3.8) is 0 Å². The van der Waals surface area contributed by atoms with Crippen LogP contribution in [0.15, 0.2) is 61.2 Å². The van der Waals surface area contributed by atoms with Gasteiger partial charge in [0.15, 0.2) is 0 Å². The molecule has 0 fully saturated rings. The molecule has 128 valence electrons.